The molecule has 3 unspecified atom stereocenters. The number of ether oxygens (including phenoxy) is 1. The second-order valence-corrected chi connectivity index (χ2v) is 6.99. The third kappa shape index (κ3) is 3.84. The van der Waals surface area contributed by atoms with E-state index in [1.54, 1.807) is 18.4 Å². The van der Waals surface area contributed by atoms with Gasteiger partial charge in [-0.2, -0.15) is 0 Å². The highest BCUT2D eigenvalue weighted by Crippen LogP contribution is 2.34. The molecule has 0 radical (unpaired) electrons. The Kier molecular flexibility index (Phi) is 6.19. The van der Waals surface area contributed by atoms with Gasteiger partial charge >= 0.3 is 0 Å². The topological polar surface area (TPSA) is 67.6 Å². The minimum absolute atomic E-state index is 0.0131. The van der Waals surface area contributed by atoms with Gasteiger partial charge in [0.2, 0.25) is 5.91 Å². The highest BCUT2D eigenvalue weighted by atomic mass is 79.9. The summed E-state index contributed by atoms with van der Waals surface area (Å²) in [6, 6.07) is 1.84. The molecule has 3 atom stereocenters. The average Bonchev–Trinajstić information content (AvgIpc) is 2.93. The van der Waals surface area contributed by atoms with Crippen LogP contribution in [0.1, 0.15) is 24.3 Å². The molecule has 2 heterocycles. The van der Waals surface area contributed by atoms with Crippen LogP contribution in [-0.2, 0) is 9.53 Å². The van der Waals surface area contributed by atoms with Crippen LogP contribution in [0.15, 0.2) is 15.9 Å². The summed E-state index contributed by atoms with van der Waals surface area (Å²) in [5.41, 5.74) is 6.37. The summed E-state index contributed by atoms with van der Waals surface area (Å²) in [5.74, 6) is -0.0152. The van der Waals surface area contributed by atoms with Gasteiger partial charge in [-0.1, -0.05) is 6.92 Å². The van der Waals surface area contributed by atoms with E-state index in [0.717, 1.165) is 10.9 Å². The van der Waals surface area contributed by atoms with Gasteiger partial charge in [-0.15, -0.1) is 11.3 Å². The van der Waals surface area contributed by atoms with Gasteiger partial charge in [-0.25, -0.2) is 0 Å². The largest absolute Gasteiger partial charge is 0.378 e. The highest BCUT2D eigenvalue weighted by Gasteiger charge is 2.37. The normalized spacial score (nSPS) is 22.8. The molecule has 1 aromatic rings. The number of amides is 1. The van der Waals surface area contributed by atoms with E-state index < -0.39 is 0 Å². The van der Waals surface area contributed by atoms with Crippen molar-refractivity contribution in [3.63, 3.8) is 0 Å². The number of hydrogen-bond acceptors (Lipinski definition) is 5. The lowest BCUT2D eigenvalue weighted by Gasteiger charge is -2.41. The van der Waals surface area contributed by atoms with Crippen molar-refractivity contribution in [3.8, 4) is 0 Å². The van der Waals surface area contributed by atoms with Gasteiger partial charge < -0.3 is 15.8 Å². The Morgan fingerprint density at radius 2 is 2.48 bits per heavy atom. The Bertz CT molecular complexity index is 483. The highest BCUT2D eigenvalue weighted by molar-refractivity contribution is 9.10. The molecule has 0 aliphatic carbocycles. The number of nitrogens with two attached hydrogens (primary N) is 1. The van der Waals surface area contributed by atoms with E-state index in [-0.39, 0.29) is 24.0 Å². The van der Waals surface area contributed by atoms with Crippen molar-refractivity contribution >= 4 is 33.2 Å². The molecular formula is C14H22BrN3O2S. The molecule has 0 bridgehead atoms. The molecule has 1 aromatic heterocycles. The number of rotatable bonds is 5. The van der Waals surface area contributed by atoms with E-state index in [4.69, 9.17) is 10.5 Å². The molecule has 1 aliphatic rings. The summed E-state index contributed by atoms with van der Waals surface area (Å²) in [6.07, 6.45) is 0.859. The molecule has 0 saturated carbocycles. The van der Waals surface area contributed by atoms with Crippen LogP contribution in [0, 0.1) is 0 Å². The number of hydrogen-bond donors (Lipinski definition) is 2. The number of morpholine rings is 1. The number of carbonyl (C=O) groups is 1. The first-order valence-electron chi connectivity index (χ1n) is 7.13. The minimum Gasteiger partial charge on any atom is -0.378 e. The van der Waals surface area contributed by atoms with Crippen LogP contribution >= 0.6 is 27.3 Å². The lowest BCUT2D eigenvalue weighted by atomic mass is 10.00. The summed E-state index contributed by atoms with van der Waals surface area (Å²) >= 11 is 5.18. The summed E-state index contributed by atoms with van der Waals surface area (Å²) in [4.78, 5) is 15.5. The third-order valence-electron chi connectivity index (χ3n) is 3.83. The molecule has 1 amide bonds. The molecule has 1 fully saturated rings. The smallest absolute Gasteiger partial charge is 0.239 e. The summed E-state index contributed by atoms with van der Waals surface area (Å²) in [7, 11) is 1.66. The second kappa shape index (κ2) is 7.69. The summed E-state index contributed by atoms with van der Waals surface area (Å²) in [5, 5.41) is 4.78. The first kappa shape index (κ1) is 16.9. The number of nitrogens with zero attached hydrogens (tertiary/aromatic N) is 1. The molecule has 7 heteroatoms. The van der Waals surface area contributed by atoms with Crippen LogP contribution < -0.4 is 11.1 Å². The fourth-order valence-electron chi connectivity index (χ4n) is 2.67. The Balaban J connectivity index is 2.31. The van der Waals surface area contributed by atoms with Gasteiger partial charge in [0.15, 0.2) is 0 Å². The number of halogens is 1. The number of thiophene rings is 1. The Morgan fingerprint density at radius 3 is 3.05 bits per heavy atom. The van der Waals surface area contributed by atoms with Crippen molar-refractivity contribution in [3.05, 3.63) is 20.8 Å². The van der Waals surface area contributed by atoms with Crippen molar-refractivity contribution < 1.29 is 9.53 Å². The Hall–Kier alpha value is -0.470. The van der Waals surface area contributed by atoms with Crippen LogP contribution in [0.25, 0.3) is 0 Å². The van der Waals surface area contributed by atoms with Gasteiger partial charge in [0, 0.05) is 34.4 Å². The lowest BCUT2D eigenvalue weighted by Crippen LogP contribution is -2.57. The van der Waals surface area contributed by atoms with E-state index >= 15 is 0 Å². The molecule has 0 spiro atoms. The average molecular weight is 376 g/mol. The molecule has 1 saturated heterocycles. The quantitative estimate of drug-likeness (QED) is 0.822. The summed E-state index contributed by atoms with van der Waals surface area (Å²) in [6.45, 7) is 3.84. The van der Waals surface area contributed by atoms with E-state index in [0.29, 0.717) is 19.8 Å². The fourth-order valence-corrected chi connectivity index (χ4v) is 4.31. The number of nitrogens with one attached hydrogen (secondary N) is 1. The van der Waals surface area contributed by atoms with E-state index in [2.05, 4.69) is 44.5 Å². The standard InChI is InChI=1S/C14H22BrN3O2S/c1-3-10(16)13(12-6-9(15)8-21-12)18-4-5-20-7-11(18)14(19)17-2/h6,8,10-11,13H,3-5,7,16H2,1-2H3,(H,17,19). The van der Waals surface area contributed by atoms with E-state index in [1.165, 1.54) is 4.88 Å². The molecule has 5 nitrogen and oxygen atoms in total. The molecule has 21 heavy (non-hydrogen) atoms. The van der Waals surface area contributed by atoms with Crippen molar-refractivity contribution in [1.82, 2.24) is 10.2 Å². The zero-order chi connectivity index (χ0) is 15.4. The number of likely N-dealkylation sites (N-methyl/N-ethyl adjacent to an activating group) is 1. The van der Waals surface area contributed by atoms with E-state index in [9.17, 15) is 4.79 Å². The van der Waals surface area contributed by atoms with Gasteiger partial charge in [-0.3, -0.25) is 9.69 Å². The van der Waals surface area contributed by atoms with Crippen molar-refractivity contribution in [2.75, 3.05) is 26.8 Å². The monoisotopic (exact) mass is 375 g/mol. The van der Waals surface area contributed by atoms with Crippen molar-refractivity contribution in [2.45, 2.75) is 31.5 Å². The summed E-state index contributed by atoms with van der Waals surface area (Å²) < 4.78 is 6.55. The molecular weight excluding hydrogens is 354 g/mol. The molecule has 1 aliphatic heterocycles. The van der Waals surface area contributed by atoms with Crippen LogP contribution in [0.2, 0.25) is 0 Å². The molecule has 3 N–H and O–H groups in total. The molecule has 118 valence electrons. The minimum atomic E-state index is -0.285. The zero-order valence-corrected chi connectivity index (χ0v) is 14.7. The fraction of sp³-hybridized carbons (Fsp3) is 0.643. The van der Waals surface area contributed by atoms with Crippen LogP contribution in [0.4, 0.5) is 0 Å². The van der Waals surface area contributed by atoms with Crippen molar-refractivity contribution in [1.29, 1.82) is 0 Å². The molecule has 0 aromatic carbocycles. The van der Waals surface area contributed by atoms with Gasteiger partial charge in [-0.05, 0) is 28.4 Å². The Morgan fingerprint density at radius 1 is 1.71 bits per heavy atom. The van der Waals surface area contributed by atoms with Gasteiger partial charge in [0.25, 0.3) is 0 Å². The predicted octanol–water partition coefficient (Wildman–Crippen LogP) is 1.74. The van der Waals surface area contributed by atoms with Crippen molar-refractivity contribution in [2.24, 2.45) is 5.73 Å². The van der Waals surface area contributed by atoms with Crippen LogP contribution in [0.3, 0.4) is 0 Å². The SMILES string of the molecule is CCC(N)C(c1cc(Br)cs1)N1CCOCC1C(=O)NC. The van der Waals surface area contributed by atoms with Gasteiger partial charge in [0.1, 0.15) is 6.04 Å². The van der Waals surface area contributed by atoms with Crippen LogP contribution in [0.5, 0.6) is 0 Å². The maximum absolute atomic E-state index is 12.1. The first-order chi connectivity index (χ1) is 10.1. The first-order valence-corrected chi connectivity index (χ1v) is 8.80. The number of carbonyl (C=O) groups excluding carboxylic acids is 1. The third-order valence-corrected chi connectivity index (χ3v) is 5.60. The zero-order valence-electron chi connectivity index (χ0n) is 12.3. The predicted molar refractivity (Wildman–Crippen MR) is 88.4 cm³/mol. The van der Waals surface area contributed by atoms with Crippen LogP contribution in [-0.4, -0.2) is 49.7 Å². The van der Waals surface area contributed by atoms with Gasteiger partial charge in [0.05, 0.1) is 19.3 Å². The maximum atomic E-state index is 12.1. The molecule has 2 rings (SSSR count). The van der Waals surface area contributed by atoms with E-state index in [1.807, 2.05) is 0 Å². The second-order valence-electron chi connectivity index (χ2n) is 5.13. The Labute approximate surface area is 138 Å². The lowest BCUT2D eigenvalue weighted by molar-refractivity contribution is -0.134. The maximum Gasteiger partial charge on any atom is 0.239 e.